The van der Waals surface area contributed by atoms with Crippen LogP contribution < -0.4 is 15.2 Å². The van der Waals surface area contributed by atoms with Gasteiger partial charge in [-0.25, -0.2) is 0 Å². The van der Waals surface area contributed by atoms with Crippen molar-refractivity contribution in [3.8, 4) is 17.6 Å². The van der Waals surface area contributed by atoms with E-state index in [-0.39, 0.29) is 5.78 Å². The zero-order valence-electron chi connectivity index (χ0n) is 18.7. The molecule has 1 atom stereocenters. The predicted molar refractivity (Wildman–Crippen MR) is 129 cm³/mol. The van der Waals surface area contributed by atoms with Crippen molar-refractivity contribution in [2.45, 2.75) is 38.7 Å². The van der Waals surface area contributed by atoms with Crippen molar-refractivity contribution in [2.24, 2.45) is 5.73 Å². The van der Waals surface area contributed by atoms with E-state index in [1.807, 2.05) is 56.4 Å². The van der Waals surface area contributed by atoms with Crippen LogP contribution in [0.15, 0.2) is 69.6 Å². The number of hydrogen-bond acceptors (Lipinski definition) is 6. The number of Topliss-reactive ketones (excluding diaryl/α,β-unsaturated/α-hetero) is 1. The molecule has 33 heavy (non-hydrogen) atoms. The van der Waals surface area contributed by atoms with Gasteiger partial charge >= 0.3 is 0 Å². The van der Waals surface area contributed by atoms with Crippen molar-refractivity contribution in [3.63, 3.8) is 0 Å². The van der Waals surface area contributed by atoms with Crippen LogP contribution in [0.5, 0.6) is 11.5 Å². The molecular formula is C26H26BrN3O3. The lowest BCUT2D eigenvalue weighted by atomic mass is 9.76. The summed E-state index contributed by atoms with van der Waals surface area (Å²) in [6, 6.07) is 15.8. The molecule has 1 heterocycles. The highest BCUT2D eigenvalue weighted by molar-refractivity contribution is 9.10. The summed E-state index contributed by atoms with van der Waals surface area (Å²) < 4.78 is 12.9. The number of benzene rings is 2. The Kier molecular flexibility index (Phi) is 6.75. The Bertz CT molecular complexity index is 1180. The Labute approximate surface area is 202 Å². The molecular weight excluding hydrogens is 482 g/mol. The Balaban J connectivity index is 1.72. The van der Waals surface area contributed by atoms with Gasteiger partial charge in [-0.05, 0) is 55.2 Å². The number of ketones is 1. The van der Waals surface area contributed by atoms with Crippen molar-refractivity contribution in [1.82, 2.24) is 4.90 Å². The second-order valence-corrected chi connectivity index (χ2v) is 9.01. The molecule has 0 unspecified atom stereocenters. The summed E-state index contributed by atoms with van der Waals surface area (Å²) in [6.07, 6.45) is 2.03. The van der Waals surface area contributed by atoms with E-state index in [2.05, 4.69) is 22.0 Å². The molecule has 2 aromatic rings. The predicted octanol–water partition coefficient (Wildman–Crippen LogP) is 5.16. The fourth-order valence-electron chi connectivity index (χ4n) is 4.43. The van der Waals surface area contributed by atoms with E-state index in [1.54, 1.807) is 4.90 Å². The molecule has 2 N–H and O–H groups in total. The summed E-state index contributed by atoms with van der Waals surface area (Å²) in [7, 11) is 1.82. The van der Waals surface area contributed by atoms with Crippen LogP contribution in [0.25, 0.3) is 0 Å². The first kappa shape index (κ1) is 22.9. The zero-order chi connectivity index (χ0) is 23.5. The molecule has 170 valence electrons. The third kappa shape index (κ3) is 4.49. The Hall–Kier alpha value is -3.24. The van der Waals surface area contributed by atoms with Crippen molar-refractivity contribution in [2.75, 3.05) is 13.7 Å². The van der Waals surface area contributed by atoms with Crippen molar-refractivity contribution in [3.05, 3.63) is 80.7 Å². The molecule has 6 nitrogen and oxygen atoms in total. The van der Waals surface area contributed by atoms with Crippen LogP contribution in [-0.4, -0.2) is 24.3 Å². The van der Waals surface area contributed by atoms with Gasteiger partial charge in [0.15, 0.2) is 17.3 Å². The average molecular weight is 508 g/mol. The molecule has 0 aromatic heterocycles. The first-order valence-electron chi connectivity index (χ1n) is 11.0. The topological polar surface area (TPSA) is 88.6 Å². The maximum Gasteiger partial charge on any atom is 0.161 e. The molecule has 1 aliphatic carbocycles. The largest absolute Gasteiger partial charge is 0.490 e. The van der Waals surface area contributed by atoms with E-state index in [0.29, 0.717) is 48.1 Å². The summed E-state index contributed by atoms with van der Waals surface area (Å²) in [5.74, 6) is 1.14. The monoisotopic (exact) mass is 507 g/mol. The normalized spacial score (nSPS) is 18.2. The molecule has 0 spiro atoms. The summed E-state index contributed by atoms with van der Waals surface area (Å²) in [5, 5.41) is 9.94. The van der Waals surface area contributed by atoms with Crippen LogP contribution >= 0.6 is 15.9 Å². The fraction of sp³-hybridized carbons (Fsp3) is 0.308. The number of halogens is 1. The van der Waals surface area contributed by atoms with Crippen LogP contribution in [0.2, 0.25) is 0 Å². The summed E-state index contributed by atoms with van der Waals surface area (Å²) in [4.78, 5) is 14.8. The van der Waals surface area contributed by atoms with Gasteiger partial charge in [-0.1, -0.05) is 34.1 Å². The number of allylic oxidation sites excluding steroid dienone is 3. The van der Waals surface area contributed by atoms with E-state index in [9.17, 15) is 10.1 Å². The number of ether oxygens (including phenoxy) is 2. The quantitative estimate of drug-likeness (QED) is 0.580. The van der Waals surface area contributed by atoms with Crippen LogP contribution in [0.3, 0.4) is 0 Å². The van der Waals surface area contributed by atoms with Crippen molar-refractivity contribution in [1.29, 1.82) is 5.26 Å². The third-order valence-electron chi connectivity index (χ3n) is 6.08. The average Bonchev–Trinajstić information content (AvgIpc) is 2.82. The molecule has 2 aliphatic rings. The molecule has 0 radical (unpaired) electrons. The SMILES string of the molecule is CCOc1cc([C@H]2C(C#N)=C(N)N(C)C3=C2C(=O)CCC3)ccc1OCc1ccc(Br)cc1. The fourth-order valence-corrected chi connectivity index (χ4v) is 4.69. The Morgan fingerprint density at radius 2 is 1.91 bits per heavy atom. The number of nitrogens with two attached hydrogens (primary N) is 1. The van der Waals surface area contributed by atoms with Gasteiger partial charge in [0.1, 0.15) is 12.4 Å². The lowest BCUT2D eigenvalue weighted by molar-refractivity contribution is -0.116. The molecule has 0 amide bonds. The third-order valence-corrected chi connectivity index (χ3v) is 6.61. The van der Waals surface area contributed by atoms with E-state index >= 15 is 0 Å². The Morgan fingerprint density at radius 3 is 2.61 bits per heavy atom. The lowest BCUT2D eigenvalue weighted by Crippen LogP contribution is -2.36. The molecule has 0 saturated carbocycles. The second kappa shape index (κ2) is 9.72. The summed E-state index contributed by atoms with van der Waals surface area (Å²) in [5.41, 5.74) is 10.1. The van der Waals surface area contributed by atoms with Crippen LogP contribution in [0.4, 0.5) is 0 Å². The second-order valence-electron chi connectivity index (χ2n) is 8.09. The minimum absolute atomic E-state index is 0.0712. The molecule has 0 fully saturated rings. The van der Waals surface area contributed by atoms with Gasteiger partial charge in [-0.2, -0.15) is 5.26 Å². The van der Waals surface area contributed by atoms with Gasteiger partial charge in [0, 0.05) is 29.2 Å². The van der Waals surface area contributed by atoms with Gasteiger partial charge in [0.2, 0.25) is 0 Å². The maximum absolute atomic E-state index is 13.0. The molecule has 0 saturated heterocycles. The highest BCUT2D eigenvalue weighted by Crippen LogP contribution is 2.45. The lowest BCUT2D eigenvalue weighted by Gasteiger charge is -2.37. The smallest absolute Gasteiger partial charge is 0.161 e. The minimum atomic E-state index is -0.506. The minimum Gasteiger partial charge on any atom is -0.490 e. The number of carbonyl (C=O) groups excluding carboxylic acids is 1. The van der Waals surface area contributed by atoms with Gasteiger partial charge in [0.05, 0.1) is 24.2 Å². The first-order valence-corrected chi connectivity index (χ1v) is 11.8. The highest BCUT2D eigenvalue weighted by Gasteiger charge is 2.38. The molecule has 4 rings (SSSR count). The number of nitriles is 1. The molecule has 0 bridgehead atoms. The summed E-state index contributed by atoms with van der Waals surface area (Å²) in [6.45, 7) is 2.76. The van der Waals surface area contributed by atoms with E-state index in [1.165, 1.54) is 0 Å². The number of hydrogen-bond donors (Lipinski definition) is 1. The van der Waals surface area contributed by atoms with Crippen LogP contribution in [0, 0.1) is 11.3 Å². The van der Waals surface area contributed by atoms with Crippen LogP contribution in [-0.2, 0) is 11.4 Å². The maximum atomic E-state index is 13.0. The number of nitrogens with zero attached hydrogens (tertiary/aromatic N) is 2. The summed E-state index contributed by atoms with van der Waals surface area (Å²) >= 11 is 3.44. The zero-order valence-corrected chi connectivity index (χ0v) is 20.3. The molecule has 2 aromatic carbocycles. The van der Waals surface area contributed by atoms with E-state index in [0.717, 1.165) is 34.1 Å². The van der Waals surface area contributed by atoms with Gasteiger partial charge in [0.25, 0.3) is 0 Å². The van der Waals surface area contributed by atoms with Crippen molar-refractivity contribution < 1.29 is 14.3 Å². The number of rotatable bonds is 6. The number of carbonyl (C=O) groups is 1. The van der Waals surface area contributed by atoms with Gasteiger partial charge in [-0.3, -0.25) is 4.79 Å². The van der Waals surface area contributed by atoms with E-state index < -0.39 is 5.92 Å². The highest BCUT2D eigenvalue weighted by atomic mass is 79.9. The molecule has 7 heteroatoms. The molecule has 1 aliphatic heterocycles. The van der Waals surface area contributed by atoms with E-state index in [4.69, 9.17) is 15.2 Å². The Morgan fingerprint density at radius 1 is 1.15 bits per heavy atom. The van der Waals surface area contributed by atoms with Gasteiger partial charge < -0.3 is 20.1 Å². The standard InChI is InChI=1S/C26H26BrN3O3/c1-3-32-23-13-17(9-12-22(23)33-15-16-7-10-18(27)11-8-16)24-19(14-28)26(29)30(2)20-5-4-6-21(31)25(20)24/h7-13,24H,3-6,15,29H2,1-2H3/t24-/m0/s1. The first-order chi connectivity index (χ1) is 15.9. The van der Waals surface area contributed by atoms with Crippen molar-refractivity contribution >= 4 is 21.7 Å². The van der Waals surface area contributed by atoms with Crippen LogP contribution in [0.1, 0.15) is 43.2 Å². The van der Waals surface area contributed by atoms with Gasteiger partial charge in [-0.15, -0.1) is 0 Å².